The summed E-state index contributed by atoms with van der Waals surface area (Å²) in [4.78, 5) is 34.6. The van der Waals surface area contributed by atoms with E-state index in [1.807, 2.05) is 31.2 Å². The molecule has 0 atom stereocenters. The fourth-order valence-electron chi connectivity index (χ4n) is 2.22. The van der Waals surface area contributed by atoms with E-state index in [1.54, 1.807) is 24.3 Å². The lowest BCUT2D eigenvalue weighted by Gasteiger charge is -2.08. The largest absolute Gasteiger partial charge is 0.455 e. The number of hydrogen-bond acceptors (Lipinski definition) is 4. The lowest BCUT2D eigenvalue weighted by atomic mass is 10.1. The summed E-state index contributed by atoms with van der Waals surface area (Å²) in [7, 11) is 0. The number of nitrogens with one attached hydrogen (secondary N) is 2. The van der Waals surface area contributed by atoms with E-state index >= 15 is 0 Å². The average Bonchev–Trinajstić information content (AvgIpc) is 2.54. The first kappa shape index (κ1) is 18.2. The molecule has 0 fully saturated rings. The molecule has 2 N–H and O–H groups in total. The second-order valence-corrected chi connectivity index (χ2v) is 5.63. The Balaban J connectivity index is 1.78. The van der Waals surface area contributed by atoms with Crippen molar-refractivity contribution in [2.75, 3.05) is 17.2 Å². The fraction of sp³-hybridized carbons (Fsp3) is 0.211. The summed E-state index contributed by atoms with van der Waals surface area (Å²) in [5.74, 6) is -1.05. The number of rotatable bonds is 6. The predicted molar refractivity (Wildman–Crippen MR) is 95.2 cm³/mol. The minimum absolute atomic E-state index is 0.125. The van der Waals surface area contributed by atoms with Gasteiger partial charge in [0.2, 0.25) is 5.91 Å². The lowest BCUT2D eigenvalue weighted by Crippen LogP contribution is -2.21. The smallest absolute Gasteiger partial charge is 0.310 e. The Kier molecular flexibility index (Phi) is 6.28. The number of anilines is 2. The van der Waals surface area contributed by atoms with Gasteiger partial charge in [-0.1, -0.05) is 29.8 Å². The van der Waals surface area contributed by atoms with Crippen LogP contribution < -0.4 is 10.6 Å². The van der Waals surface area contributed by atoms with E-state index in [-0.39, 0.29) is 18.9 Å². The van der Waals surface area contributed by atoms with Crippen LogP contribution in [0.25, 0.3) is 0 Å². The molecule has 0 saturated carbocycles. The molecule has 6 heteroatoms. The van der Waals surface area contributed by atoms with Crippen LogP contribution in [0.2, 0.25) is 0 Å². The molecule has 25 heavy (non-hydrogen) atoms. The van der Waals surface area contributed by atoms with Crippen LogP contribution in [-0.4, -0.2) is 24.4 Å². The minimum Gasteiger partial charge on any atom is -0.455 e. The zero-order chi connectivity index (χ0) is 18.2. The van der Waals surface area contributed by atoms with Crippen molar-refractivity contribution in [3.05, 3.63) is 59.7 Å². The first-order valence-corrected chi connectivity index (χ1v) is 7.81. The summed E-state index contributed by atoms with van der Waals surface area (Å²) in [5, 5.41) is 5.25. The van der Waals surface area contributed by atoms with E-state index in [0.717, 1.165) is 11.1 Å². The molecule has 0 aliphatic carbocycles. The monoisotopic (exact) mass is 340 g/mol. The van der Waals surface area contributed by atoms with E-state index in [4.69, 9.17) is 4.74 Å². The standard InChI is InChI=1S/C19H20N2O4/c1-13-4-3-5-15(10-13)11-19(24)25-12-18(23)21-17-8-6-16(7-9-17)20-14(2)22/h3-10H,11-12H2,1-2H3,(H,20,22)(H,21,23). The van der Waals surface area contributed by atoms with Crippen LogP contribution in [0.4, 0.5) is 11.4 Å². The highest BCUT2D eigenvalue weighted by Gasteiger charge is 2.09. The summed E-state index contributed by atoms with van der Waals surface area (Å²) in [5.41, 5.74) is 3.09. The zero-order valence-corrected chi connectivity index (χ0v) is 14.2. The van der Waals surface area contributed by atoms with Crippen molar-refractivity contribution in [2.45, 2.75) is 20.3 Å². The molecular weight excluding hydrogens is 320 g/mol. The van der Waals surface area contributed by atoms with Crippen LogP contribution in [0.3, 0.4) is 0 Å². The fourth-order valence-corrected chi connectivity index (χ4v) is 2.22. The molecule has 2 amide bonds. The third-order valence-electron chi connectivity index (χ3n) is 3.28. The minimum atomic E-state index is -0.457. The Morgan fingerprint density at radius 3 is 2.20 bits per heavy atom. The van der Waals surface area contributed by atoms with Crippen LogP contribution >= 0.6 is 0 Å². The molecule has 0 unspecified atom stereocenters. The molecule has 0 spiro atoms. The van der Waals surface area contributed by atoms with Crippen molar-refractivity contribution in [2.24, 2.45) is 0 Å². The quantitative estimate of drug-likeness (QED) is 0.792. The Bertz CT molecular complexity index is 769. The van der Waals surface area contributed by atoms with Crippen LogP contribution in [0.15, 0.2) is 48.5 Å². The van der Waals surface area contributed by atoms with E-state index in [2.05, 4.69) is 10.6 Å². The first-order valence-electron chi connectivity index (χ1n) is 7.81. The number of ether oxygens (including phenoxy) is 1. The number of benzene rings is 2. The maximum absolute atomic E-state index is 11.8. The molecule has 6 nitrogen and oxygen atoms in total. The highest BCUT2D eigenvalue weighted by Crippen LogP contribution is 2.13. The van der Waals surface area contributed by atoms with Gasteiger partial charge < -0.3 is 15.4 Å². The van der Waals surface area contributed by atoms with Gasteiger partial charge in [0.05, 0.1) is 6.42 Å². The maximum atomic E-state index is 11.8. The van der Waals surface area contributed by atoms with Gasteiger partial charge in [-0.3, -0.25) is 14.4 Å². The molecule has 2 rings (SSSR count). The number of carbonyl (C=O) groups excluding carboxylic acids is 3. The van der Waals surface area contributed by atoms with E-state index in [9.17, 15) is 14.4 Å². The highest BCUT2D eigenvalue weighted by molar-refractivity contribution is 5.93. The Labute approximate surface area is 146 Å². The summed E-state index contributed by atoms with van der Waals surface area (Å²) >= 11 is 0. The van der Waals surface area contributed by atoms with Crippen molar-refractivity contribution >= 4 is 29.2 Å². The Morgan fingerprint density at radius 1 is 0.960 bits per heavy atom. The van der Waals surface area contributed by atoms with E-state index in [1.165, 1.54) is 6.92 Å². The van der Waals surface area contributed by atoms with Gasteiger partial charge in [0.25, 0.3) is 5.91 Å². The van der Waals surface area contributed by atoms with E-state index < -0.39 is 11.9 Å². The SMILES string of the molecule is CC(=O)Nc1ccc(NC(=O)COC(=O)Cc2cccc(C)c2)cc1. The number of amides is 2. The van der Waals surface area contributed by atoms with Gasteiger partial charge in [-0.15, -0.1) is 0 Å². The summed E-state index contributed by atoms with van der Waals surface area (Å²) in [6, 6.07) is 14.2. The van der Waals surface area contributed by atoms with Crippen molar-refractivity contribution in [3.63, 3.8) is 0 Å². The van der Waals surface area contributed by atoms with E-state index in [0.29, 0.717) is 11.4 Å². The lowest BCUT2D eigenvalue weighted by molar-refractivity contribution is -0.146. The van der Waals surface area contributed by atoms with Gasteiger partial charge in [0.15, 0.2) is 6.61 Å². The highest BCUT2D eigenvalue weighted by atomic mass is 16.5. The van der Waals surface area contributed by atoms with Gasteiger partial charge in [-0.2, -0.15) is 0 Å². The number of esters is 1. The van der Waals surface area contributed by atoms with Gasteiger partial charge in [0.1, 0.15) is 0 Å². The first-order chi connectivity index (χ1) is 11.9. The average molecular weight is 340 g/mol. The molecule has 0 aliphatic rings. The normalized spacial score (nSPS) is 10.0. The number of carbonyl (C=O) groups is 3. The van der Waals surface area contributed by atoms with Gasteiger partial charge in [-0.05, 0) is 36.8 Å². The molecular formula is C19H20N2O4. The molecule has 0 aromatic heterocycles. The van der Waals surface area contributed by atoms with Crippen molar-refractivity contribution in [3.8, 4) is 0 Å². The number of aryl methyl sites for hydroxylation is 1. The molecule has 0 radical (unpaired) electrons. The Hall–Kier alpha value is -3.15. The molecule has 2 aromatic rings. The van der Waals surface area contributed by atoms with Crippen molar-refractivity contribution in [1.29, 1.82) is 0 Å². The van der Waals surface area contributed by atoms with Gasteiger partial charge in [0, 0.05) is 18.3 Å². The topological polar surface area (TPSA) is 84.5 Å². The molecule has 0 saturated heterocycles. The van der Waals surface area contributed by atoms with Gasteiger partial charge in [-0.25, -0.2) is 0 Å². The second-order valence-electron chi connectivity index (χ2n) is 5.63. The molecule has 2 aromatic carbocycles. The van der Waals surface area contributed by atoms with Crippen LogP contribution in [0.1, 0.15) is 18.1 Å². The summed E-state index contributed by atoms with van der Waals surface area (Å²) in [6.07, 6.45) is 0.125. The third-order valence-corrected chi connectivity index (χ3v) is 3.28. The summed E-state index contributed by atoms with van der Waals surface area (Å²) < 4.78 is 4.99. The molecule has 0 heterocycles. The third kappa shape index (κ3) is 6.47. The Morgan fingerprint density at radius 2 is 1.60 bits per heavy atom. The van der Waals surface area contributed by atoms with Crippen LogP contribution in [0, 0.1) is 6.92 Å². The summed E-state index contributed by atoms with van der Waals surface area (Å²) in [6.45, 7) is 3.01. The zero-order valence-electron chi connectivity index (χ0n) is 14.2. The second kappa shape index (κ2) is 8.63. The van der Waals surface area contributed by atoms with Crippen LogP contribution in [0.5, 0.6) is 0 Å². The predicted octanol–water partition coefficient (Wildman–Crippen LogP) is 2.68. The van der Waals surface area contributed by atoms with Crippen molar-refractivity contribution in [1.82, 2.24) is 0 Å². The maximum Gasteiger partial charge on any atom is 0.310 e. The molecule has 130 valence electrons. The van der Waals surface area contributed by atoms with Crippen molar-refractivity contribution < 1.29 is 19.1 Å². The van der Waals surface area contributed by atoms with Crippen LogP contribution in [-0.2, 0) is 25.5 Å². The molecule has 0 bridgehead atoms. The van der Waals surface area contributed by atoms with Gasteiger partial charge >= 0.3 is 5.97 Å². The molecule has 0 aliphatic heterocycles. The number of hydrogen-bond donors (Lipinski definition) is 2.